The summed E-state index contributed by atoms with van der Waals surface area (Å²) in [6.07, 6.45) is -1.00. The molecule has 1 amide bonds. The number of carbonyl (C=O) groups is 1. The molecule has 1 unspecified atom stereocenters. The Hall–Kier alpha value is -3.04. The monoisotopic (exact) mass is 338 g/mol. The van der Waals surface area contributed by atoms with Gasteiger partial charge in [0, 0.05) is 11.1 Å². The predicted molar refractivity (Wildman–Crippen MR) is 90.2 cm³/mol. The lowest BCUT2D eigenvalue weighted by atomic mass is 9.85. The van der Waals surface area contributed by atoms with Gasteiger partial charge in [-0.25, -0.2) is 0 Å². The van der Waals surface area contributed by atoms with E-state index >= 15 is 0 Å². The third kappa shape index (κ3) is 3.14. The minimum Gasteiger partial charge on any atom is -0.508 e. The van der Waals surface area contributed by atoms with Crippen LogP contribution in [0.1, 0.15) is 41.4 Å². The second-order valence-electron chi connectivity index (χ2n) is 6.51. The van der Waals surface area contributed by atoms with Crippen molar-refractivity contribution in [1.29, 1.82) is 5.26 Å². The Kier molecular flexibility index (Phi) is 4.11. The molecule has 25 heavy (non-hydrogen) atoms. The smallest absolute Gasteiger partial charge is 0.251 e. The Morgan fingerprint density at radius 1 is 1.24 bits per heavy atom. The lowest BCUT2D eigenvalue weighted by molar-refractivity contribution is -0.0627. The average Bonchev–Trinajstić information content (AvgIpc) is 2.59. The van der Waals surface area contributed by atoms with Gasteiger partial charge in [-0.1, -0.05) is 0 Å². The molecule has 0 fully saturated rings. The molecule has 6 heteroatoms. The lowest BCUT2D eigenvalue weighted by Crippen LogP contribution is -2.53. The maximum absolute atomic E-state index is 12.5. The molecule has 0 saturated heterocycles. The van der Waals surface area contributed by atoms with Crippen molar-refractivity contribution < 1.29 is 19.7 Å². The van der Waals surface area contributed by atoms with E-state index in [0.29, 0.717) is 22.4 Å². The molecule has 0 saturated carbocycles. The van der Waals surface area contributed by atoms with Crippen LogP contribution in [0.25, 0.3) is 0 Å². The number of nitriles is 1. The van der Waals surface area contributed by atoms with Gasteiger partial charge < -0.3 is 20.3 Å². The second kappa shape index (κ2) is 6.11. The van der Waals surface area contributed by atoms with Crippen LogP contribution >= 0.6 is 0 Å². The van der Waals surface area contributed by atoms with Gasteiger partial charge in [0.25, 0.3) is 5.91 Å². The van der Waals surface area contributed by atoms with Gasteiger partial charge in [-0.2, -0.15) is 5.26 Å². The fraction of sp³-hybridized carbons (Fsp3) is 0.263. The number of phenolic OH excluding ortho intramolecular Hbond substituents is 1. The molecule has 1 heterocycles. The Morgan fingerprint density at radius 3 is 2.56 bits per heavy atom. The third-order valence-electron chi connectivity index (χ3n) is 4.29. The molecule has 0 aliphatic carbocycles. The molecule has 0 bridgehead atoms. The molecule has 3 rings (SSSR count). The van der Waals surface area contributed by atoms with Crippen LogP contribution in [0.5, 0.6) is 11.5 Å². The SMILES string of the molecule is CC1(C)Oc2ccc(C#N)cc2C(NC(=O)c2ccc(O)cc2)[C@@H]1O. The minimum absolute atomic E-state index is 0.0628. The number of aliphatic hydroxyl groups is 1. The van der Waals surface area contributed by atoms with Crippen LogP contribution in [0.4, 0.5) is 0 Å². The standard InChI is InChI=1S/C19H18N2O4/c1-19(2)17(23)16(14-9-11(10-20)3-8-15(14)25-19)21-18(24)12-4-6-13(22)7-5-12/h3-9,16-17,22-23H,1-2H3,(H,21,24)/t16?,17-/m0/s1. The Balaban J connectivity index is 1.97. The Morgan fingerprint density at radius 2 is 1.92 bits per heavy atom. The van der Waals surface area contributed by atoms with Crippen molar-refractivity contribution in [3.05, 3.63) is 59.2 Å². The maximum Gasteiger partial charge on any atom is 0.251 e. The number of phenols is 1. The van der Waals surface area contributed by atoms with E-state index in [1.165, 1.54) is 24.3 Å². The van der Waals surface area contributed by atoms with Gasteiger partial charge in [0.05, 0.1) is 17.7 Å². The molecule has 6 nitrogen and oxygen atoms in total. The van der Waals surface area contributed by atoms with Crippen molar-refractivity contribution >= 4 is 5.91 Å². The van der Waals surface area contributed by atoms with Crippen molar-refractivity contribution in [3.8, 4) is 17.6 Å². The van der Waals surface area contributed by atoms with Crippen LogP contribution in [-0.2, 0) is 0 Å². The van der Waals surface area contributed by atoms with E-state index in [2.05, 4.69) is 5.32 Å². The van der Waals surface area contributed by atoms with Gasteiger partial charge >= 0.3 is 0 Å². The fourth-order valence-corrected chi connectivity index (χ4v) is 2.86. The topological polar surface area (TPSA) is 103 Å². The molecule has 1 aliphatic heterocycles. The van der Waals surface area contributed by atoms with E-state index in [1.807, 2.05) is 6.07 Å². The highest BCUT2D eigenvalue weighted by Gasteiger charge is 2.43. The van der Waals surface area contributed by atoms with Crippen LogP contribution in [0.3, 0.4) is 0 Å². The number of fused-ring (bicyclic) bond motifs is 1. The van der Waals surface area contributed by atoms with Gasteiger partial charge in [0.1, 0.15) is 23.2 Å². The number of hydrogen-bond donors (Lipinski definition) is 3. The number of amides is 1. The number of nitrogens with zero attached hydrogens (tertiary/aromatic N) is 1. The number of carbonyl (C=O) groups excluding carboxylic acids is 1. The quantitative estimate of drug-likeness (QED) is 0.779. The molecule has 1 aliphatic rings. The van der Waals surface area contributed by atoms with Crippen molar-refractivity contribution in [2.75, 3.05) is 0 Å². The molecular weight excluding hydrogens is 320 g/mol. The van der Waals surface area contributed by atoms with Gasteiger partial charge in [-0.05, 0) is 56.3 Å². The minimum atomic E-state index is -1.00. The largest absolute Gasteiger partial charge is 0.508 e. The van der Waals surface area contributed by atoms with E-state index in [0.717, 1.165) is 0 Å². The average molecular weight is 338 g/mol. The first-order valence-corrected chi connectivity index (χ1v) is 7.83. The summed E-state index contributed by atoms with van der Waals surface area (Å²) in [6.45, 7) is 3.47. The molecule has 2 aromatic rings. The van der Waals surface area contributed by atoms with Crippen molar-refractivity contribution in [2.45, 2.75) is 31.6 Å². The number of hydrogen-bond acceptors (Lipinski definition) is 5. The zero-order valence-electron chi connectivity index (χ0n) is 13.9. The summed E-state index contributed by atoms with van der Waals surface area (Å²) in [5.74, 6) is 0.188. The van der Waals surface area contributed by atoms with E-state index in [-0.39, 0.29) is 5.75 Å². The van der Waals surface area contributed by atoms with Gasteiger partial charge in [-0.15, -0.1) is 0 Å². The van der Waals surface area contributed by atoms with Crippen molar-refractivity contribution in [3.63, 3.8) is 0 Å². The highest BCUT2D eigenvalue weighted by Crippen LogP contribution is 2.40. The normalized spacial score (nSPS) is 20.7. The molecule has 0 aromatic heterocycles. The first-order valence-electron chi connectivity index (χ1n) is 7.83. The van der Waals surface area contributed by atoms with Crippen LogP contribution in [0.2, 0.25) is 0 Å². The number of nitrogens with one attached hydrogen (secondary N) is 1. The maximum atomic E-state index is 12.5. The van der Waals surface area contributed by atoms with Crippen molar-refractivity contribution in [2.24, 2.45) is 0 Å². The number of benzene rings is 2. The molecule has 0 radical (unpaired) electrons. The van der Waals surface area contributed by atoms with Gasteiger partial charge in [0.15, 0.2) is 0 Å². The van der Waals surface area contributed by atoms with Crippen molar-refractivity contribution in [1.82, 2.24) is 5.32 Å². The van der Waals surface area contributed by atoms with Gasteiger partial charge in [0.2, 0.25) is 0 Å². The molecular formula is C19H18N2O4. The summed E-state index contributed by atoms with van der Waals surface area (Å²) in [7, 11) is 0. The Labute approximate surface area is 145 Å². The summed E-state index contributed by atoms with van der Waals surface area (Å²) in [4.78, 5) is 12.5. The Bertz CT molecular complexity index is 853. The molecule has 128 valence electrons. The van der Waals surface area contributed by atoms with Gasteiger partial charge in [-0.3, -0.25) is 4.79 Å². The molecule has 2 atom stereocenters. The van der Waals surface area contributed by atoms with E-state index in [4.69, 9.17) is 10.00 Å². The molecule has 3 N–H and O–H groups in total. The van der Waals surface area contributed by atoms with Crippen LogP contribution < -0.4 is 10.1 Å². The zero-order chi connectivity index (χ0) is 18.2. The molecule has 0 spiro atoms. The number of aromatic hydroxyl groups is 1. The fourth-order valence-electron chi connectivity index (χ4n) is 2.86. The lowest BCUT2D eigenvalue weighted by Gasteiger charge is -2.42. The summed E-state index contributed by atoms with van der Waals surface area (Å²) in [5, 5.41) is 31.9. The predicted octanol–water partition coefficient (Wildman–Crippen LogP) is 2.27. The number of aliphatic hydroxyl groups excluding tert-OH is 1. The van der Waals surface area contributed by atoms with E-state index in [9.17, 15) is 15.0 Å². The summed E-state index contributed by atoms with van der Waals surface area (Å²) >= 11 is 0. The highest BCUT2D eigenvalue weighted by atomic mass is 16.5. The first-order chi connectivity index (χ1) is 11.8. The summed E-state index contributed by atoms with van der Waals surface area (Å²) < 4.78 is 5.82. The molecule has 2 aromatic carbocycles. The van der Waals surface area contributed by atoms with E-state index in [1.54, 1.807) is 32.0 Å². The first kappa shape index (κ1) is 16.8. The zero-order valence-corrected chi connectivity index (χ0v) is 13.9. The van der Waals surface area contributed by atoms with Crippen LogP contribution in [-0.4, -0.2) is 27.8 Å². The van der Waals surface area contributed by atoms with Crippen LogP contribution in [0.15, 0.2) is 42.5 Å². The van der Waals surface area contributed by atoms with Crippen LogP contribution in [0, 0.1) is 11.3 Å². The summed E-state index contributed by atoms with van der Waals surface area (Å²) in [5.41, 5.74) is 0.414. The number of ether oxygens (including phenoxy) is 1. The summed E-state index contributed by atoms with van der Waals surface area (Å²) in [6, 6.07) is 12.0. The third-order valence-corrected chi connectivity index (χ3v) is 4.29. The number of rotatable bonds is 2. The highest BCUT2D eigenvalue weighted by molar-refractivity contribution is 5.94. The van der Waals surface area contributed by atoms with E-state index < -0.39 is 23.7 Å². The second-order valence-corrected chi connectivity index (χ2v) is 6.51.